The van der Waals surface area contributed by atoms with Crippen molar-refractivity contribution in [2.75, 3.05) is 0 Å². The maximum Gasteiger partial charge on any atom is 0.347 e. The predicted octanol–water partition coefficient (Wildman–Crippen LogP) is 2.50. The van der Waals surface area contributed by atoms with Crippen LogP contribution in [-0.4, -0.2) is 36.7 Å². The fraction of sp³-hybridized carbons (Fsp3) is 0.267. The quantitative estimate of drug-likeness (QED) is 0.707. The second-order valence-corrected chi connectivity index (χ2v) is 7.30. The summed E-state index contributed by atoms with van der Waals surface area (Å²) in [6, 6.07) is -0.409. The van der Waals surface area contributed by atoms with E-state index < -0.39 is 12.0 Å². The number of hydrogen-bond acceptors (Lipinski definition) is 7. The Hall–Kier alpha value is -2.59. The molecule has 0 saturated heterocycles. The number of nitrogens with one attached hydrogen (secondary N) is 1. The first-order valence-corrected chi connectivity index (χ1v) is 9.00. The zero-order valence-electron chi connectivity index (χ0n) is 13.7. The number of aryl methyl sites for hydroxylation is 2. The zero-order chi connectivity index (χ0) is 18.1. The van der Waals surface area contributed by atoms with E-state index in [1.54, 1.807) is 30.1 Å². The van der Waals surface area contributed by atoms with Crippen molar-refractivity contribution < 1.29 is 14.7 Å². The monoisotopic (exact) mass is 377 g/mol. The van der Waals surface area contributed by atoms with Gasteiger partial charge in [0.2, 0.25) is 0 Å². The number of amides is 1. The van der Waals surface area contributed by atoms with Gasteiger partial charge in [0, 0.05) is 24.2 Å². The van der Waals surface area contributed by atoms with E-state index in [0.29, 0.717) is 21.4 Å². The lowest BCUT2D eigenvalue weighted by molar-refractivity contribution is 0.0701. The molecule has 8 nitrogen and oxygen atoms in total. The molecular formula is C15H15N5O3S2. The Morgan fingerprint density at radius 1 is 1.36 bits per heavy atom. The van der Waals surface area contributed by atoms with E-state index in [1.165, 1.54) is 11.3 Å². The third-order valence-corrected chi connectivity index (χ3v) is 5.63. The summed E-state index contributed by atoms with van der Waals surface area (Å²) in [5.74, 6) is -1.34. The molecule has 3 aromatic rings. The Balaban J connectivity index is 1.73. The predicted molar refractivity (Wildman–Crippen MR) is 94.0 cm³/mol. The first-order chi connectivity index (χ1) is 11.8. The minimum Gasteiger partial charge on any atom is -0.477 e. The lowest BCUT2D eigenvalue weighted by Gasteiger charge is -2.09. The van der Waals surface area contributed by atoms with Crippen LogP contribution in [0.3, 0.4) is 0 Å². The van der Waals surface area contributed by atoms with Crippen molar-refractivity contribution in [3.05, 3.63) is 39.0 Å². The number of aromatic nitrogens is 4. The summed E-state index contributed by atoms with van der Waals surface area (Å²) in [6.45, 7) is 3.40. The maximum atomic E-state index is 12.4. The first-order valence-electron chi connectivity index (χ1n) is 7.31. The van der Waals surface area contributed by atoms with E-state index in [4.69, 9.17) is 5.11 Å². The van der Waals surface area contributed by atoms with E-state index in [-0.39, 0.29) is 10.8 Å². The number of carbonyl (C=O) groups excluding carboxylic acids is 1. The van der Waals surface area contributed by atoms with Crippen LogP contribution >= 0.6 is 22.7 Å². The smallest absolute Gasteiger partial charge is 0.347 e. The summed E-state index contributed by atoms with van der Waals surface area (Å²) in [4.78, 5) is 32.2. The summed E-state index contributed by atoms with van der Waals surface area (Å²) in [6.07, 6.45) is 3.52. The molecule has 3 rings (SSSR count). The standard InChI is InChI=1S/C15H15N5O3S2/c1-7-11(15(22)23)25-13(18-7)8(2)17-12(21)10-6-24-14(19-10)9-4-16-20(3)5-9/h4-6,8H,1-3H3,(H,17,21)(H,22,23). The highest BCUT2D eigenvalue weighted by atomic mass is 32.1. The third kappa shape index (κ3) is 3.59. The Labute approximate surface area is 151 Å². The van der Waals surface area contributed by atoms with E-state index in [0.717, 1.165) is 16.9 Å². The Bertz CT molecular complexity index is 943. The summed E-state index contributed by atoms with van der Waals surface area (Å²) in [5, 5.41) is 18.9. The van der Waals surface area contributed by atoms with Crippen molar-refractivity contribution in [1.29, 1.82) is 0 Å². The average Bonchev–Trinajstić information content (AvgIpc) is 3.25. The van der Waals surface area contributed by atoms with Crippen molar-refractivity contribution in [2.24, 2.45) is 7.05 Å². The molecule has 0 aromatic carbocycles. The van der Waals surface area contributed by atoms with Gasteiger partial charge in [0.1, 0.15) is 20.6 Å². The number of thiazole rings is 2. The van der Waals surface area contributed by atoms with Crippen LogP contribution in [0.25, 0.3) is 10.6 Å². The van der Waals surface area contributed by atoms with Crippen LogP contribution in [0.4, 0.5) is 0 Å². The van der Waals surface area contributed by atoms with Crippen molar-refractivity contribution in [2.45, 2.75) is 19.9 Å². The Morgan fingerprint density at radius 2 is 2.12 bits per heavy atom. The summed E-state index contributed by atoms with van der Waals surface area (Å²) in [5.41, 5.74) is 1.60. The molecule has 0 aliphatic heterocycles. The number of rotatable bonds is 5. The van der Waals surface area contributed by atoms with E-state index in [2.05, 4.69) is 20.4 Å². The van der Waals surface area contributed by atoms with Gasteiger partial charge in [0.05, 0.1) is 17.9 Å². The molecule has 1 atom stereocenters. The summed E-state index contributed by atoms with van der Waals surface area (Å²) >= 11 is 2.43. The lowest BCUT2D eigenvalue weighted by atomic mass is 10.3. The number of nitrogens with zero attached hydrogens (tertiary/aromatic N) is 4. The third-order valence-electron chi connectivity index (χ3n) is 3.41. The van der Waals surface area contributed by atoms with Crippen LogP contribution in [0.15, 0.2) is 17.8 Å². The second-order valence-electron chi connectivity index (χ2n) is 5.41. The van der Waals surface area contributed by atoms with E-state index in [1.807, 2.05) is 13.2 Å². The molecule has 0 spiro atoms. The summed E-state index contributed by atoms with van der Waals surface area (Å²) < 4.78 is 1.67. The molecule has 0 saturated carbocycles. The molecule has 3 heterocycles. The fourth-order valence-corrected chi connectivity index (χ4v) is 3.86. The maximum absolute atomic E-state index is 12.4. The number of carbonyl (C=O) groups is 2. The largest absolute Gasteiger partial charge is 0.477 e. The zero-order valence-corrected chi connectivity index (χ0v) is 15.3. The Kier molecular flexibility index (Phi) is 4.64. The molecular weight excluding hydrogens is 362 g/mol. The van der Waals surface area contributed by atoms with Crippen LogP contribution in [0.1, 0.15) is 43.8 Å². The van der Waals surface area contributed by atoms with Crippen LogP contribution in [-0.2, 0) is 7.05 Å². The van der Waals surface area contributed by atoms with Crippen molar-refractivity contribution >= 4 is 34.6 Å². The normalized spacial score (nSPS) is 12.1. The van der Waals surface area contributed by atoms with E-state index in [9.17, 15) is 9.59 Å². The SMILES string of the molecule is Cc1nc(C(C)NC(=O)c2csc(-c3cnn(C)c3)n2)sc1C(=O)O. The molecule has 25 heavy (non-hydrogen) atoms. The highest BCUT2D eigenvalue weighted by Gasteiger charge is 2.21. The molecule has 1 unspecified atom stereocenters. The molecule has 0 fully saturated rings. The fourth-order valence-electron chi connectivity index (χ4n) is 2.18. The van der Waals surface area contributed by atoms with Gasteiger partial charge in [-0.25, -0.2) is 14.8 Å². The molecule has 2 N–H and O–H groups in total. The van der Waals surface area contributed by atoms with Gasteiger partial charge in [-0.15, -0.1) is 22.7 Å². The molecule has 0 radical (unpaired) electrons. The van der Waals surface area contributed by atoms with Crippen molar-refractivity contribution in [3.63, 3.8) is 0 Å². The number of hydrogen-bond donors (Lipinski definition) is 2. The van der Waals surface area contributed by atoms with Crippen LogP contribution in [0.5, 0.6) is 0 Å². The van der Waals surface area contributed by atoms with Crippen LogP contribution in [0.2, 0.25) is 0 Å². The average molecular weight is 377 g/mol. The highest BCUT2D eigenvalue weighted by Crippen LogP contribution is 2.25. The molecule has 3 aromatic heterocycles. The first kappa shape index (κ1) is 17.2. The van der Waals surface area contributed by atoms with Gasteiger partial charge in [0.15, 0.2) is 0 Å². The highest BCUT2D eigenvalue weighted by molar-refractivity contribution is 7.14. The van der Waals surface area contributed by atoms with Gasteiger partial charge in [-0.1, -0.05) is 0 Å². The Morgan fingerprint density at radius 3 is 2.72 bits per heavy atom. The molecule has 0 aliphatic rings. The van der Waals surface area contributed by atoms with Crippen LogP contribution < -0.4 is 5.32 Å². The number of carboxylic acids is 1. The topological polar surface area (TPSA) is 110 Å². The molecule has 10 heteroatoms. The molecule has 0 aliphatic carbocycles. The number of aromatic carboxylic acids is 1. The lowest BCUT2D eigenvalue weighted by Crippen LogP contribution is -2.26. The van der Waals surface area contributed by atoms with Crippen LogP contribution in [0, 0.1) is 6.92 Å². The minimum atomic E-state index is -1.01. The molecule has 0 bridgehead atoms. The van der Waals surface area contributed by atoms with E-state index >= 15 is 0 Å². The molecule has 1 amide bonds. The van der Waals surface area contributed by atoms with Gasteiger partial charge in [-0.3, -0.25) is 9.48 Å². The van der Waals surface area contributed by atoms with Gasteiger partial charge < -0.3 is 10.4 Å². The van der Waals surface area contributed by atoms with Crippen molar-refractivity contribution in [3.8, 4) is 10.6 Å². The minimum absolute atomic E-state index is 0.184. The van der Waals surface area contributed by atoms with Gasteiger partial charge in [0.25, 0.3) is 5.91 Å². The van der Waals surface area contributed by atoms with Crippen molar-refractivity contribution in [1.82, 2.24) is 25.1 Å². The summed E-state index contributed by atoms with van der Waals surface area (Å²) in [7, 11) is 1.81. The van der Waals surface area contributed by atoms with Gasteiger partial charge in [-0.2, -0.15) is 5.10 Å². The second kappa shape index (κ2) is 6.73. The molecule has 130 valence electrons. The van der Waals surface area contributed by atoms with Gasteiger partial charge in [-0.05, 0) is 13.8 Å². The van der Waals surface area contributed by atoms with Gasteiger partial charge >= 0.3 is 5.97 Å². The number of carboxylic acid groups (broad SMARTS) is 1.